The minimum absolute atomic E-state index is 0.0128. The van der Waals surface area contributed by atoms with E-state index < -0.39 is 17.2 Å². The number of H-pyrrole nitrogens is 1. The quantitative estimate of drug-likeness (QED) is 0.691. The van der Waals surface area contributed by atoms with Gasteiger partial charge in [-0.05, 0) is 12.1 Å². The average molecular weight is 249 g/mol. The number of nitrogens with one attached hydrogen (secondary N) is 1. The Balaban J connectivity index is 2.32. The molecule has 1 aromatic carbocycles. The molecular weight excluding hydrogens is 244 g/mol. The number of aromatic amines is 1. The first-order valence-corrected chi connectivity index (χ1v) is 4.91. The Bertz CT molecular complexity index is 794. The van der Waals surface area contributed by atoms with E-state index in [2.05, 4.69) is 20.3 Å². The SMILES string of the molecule is O=c1[nH]cnc2c1nnn2-c1ccc(F)cc1F. The molecule has 8 heteroatoms. The topological polar surface area (TPSA) is 76.5 Å². The molecule has 6 nitrogen and oxygen atoms in total. The molecule has 0 fully saturated rings. The Morgan fingerprint density at radius 1 is 1.28 bits per heavy atom. The van der Waals surface area contributed by atoms with E-state index in [4.69, 9.17) is 0 Å². The van der Waals surface area contributed by atoms with Gasteiger partial charge in [-0.15, -0.1) is 5.10 Å². The smallest absolute Gasteiger partial charge is 0.280 e. The van der Waals surface area contributed by atoms with Crippen molar-refractivity contribution in [2.45, 2.75) is 0 Å². The molecular formula is C10H5F2N5O. The van der Waals surface area contributed by atoms with Crippen LogP contribution in [0.15, 0.2) is 29.3 Å². The first kappa shape index (κ1) is 10.5. The van der Waals surface area contributed by atoms with Gasteiger partial charge in [0.15, 0.2) is 17.0 Å². The third-order valence-electron chi connectivity index (χ3n) is 2.38. The van der Waals surface area contributed by atoms with E-state index in [1.807, 2.05) is 0 Å². The lowest BCUT2D eigenvalue weighted by atomic mass is 10.3. The fourth-order valence-electron chi connectivity index (χ4n) is 1.58. The minimum Gasteiger partial charge on any atom is -0.311 e. The van der Waals surface area contributed by atoms with Gasteiger partial charge in [-0.3, -0.25) is 4.79 Å². The predicted molar refractivity (Wildman–Crippen MR) is 57.2 cm³/mol. The van der Waals surface area contributed by atoms with Crippen LogP contribution in [0.3, 0.4) is 0 Å². The summed E-state index contributed by atoms with van der Waals surface area (Å²) in [5, 5.41) is 7.24. The van der Waals surface area contributed by atoms with E-state index in [0.717, 1.165) is 23.1 Å². The standard InChI is InChI=1S/C10H5F2N5O/c11-5-1-2-7(6(12)3-5)17-9-8(15-16-17)10(18)14-4-13-9/h1-4H,(H,13,14,18). The second-order valence-electron chi connectivity index (χ2n) is 3.50. The van der Waals surface area contributed by atoms with Gasteiger partial charge < -0.3 is 4.98 Å². The van der Waals surface area contributed by atoms with Crippen LogP contribution in [0.1, 0.15) is 0 Å². The molecule has 1 N–H and O–H groups in total. The maximum absolute atomic E-state index is 13.6. The van der Waals surface area contributed by atoms with Gasteiger partial charge in [-0.25, -0.2) is 13.8 Å². The molecule has 0 saturated carbocycles. The van der Waals surface area contributed by atoms with Crippen molar-refractivity contribution >= 4 is 11.2 Å². The van der Waals surface area contributed by atoms with Gasteiger partial charge >= 0.3 is 0 Å². The zero-order chi connectivity index (χ0) is 12.7. The first-order valence-electron chi connectivity index (χ1n) is 4.91. The van der Waals surface area contributed by atoms with E-state index in [1.165, 1.54) is 6.07 Å². The maximum atomic E-state index is 13.6. The van der Waals surface area contributed by atoms with Gasteiger partial charge in [0.2, 0.25) is 0 Å². The zero-order valence-electron chi connectivity index (χ0n) is 8.76. The molecule has 2 heterocycles. The summed E-state index contributed by atoms with van der Waals surface area (Å²) in [4.78, 5) is 17.6. The van der Waals surface area contributed by atoms with Crippen LogP contribution in [0.5, 0.6) is 0 Å². The number of hydrogen-bond acceptors (Lipinski definition) is 4. The minimum atomic E-state index is -0.816. The largest absolute Gasteiger partial charge is 0.311 e. The lowest BCUT2D eigenvalue weighted by molar-refractivity contribution is 0.573. The molecule has 0 aliphatic rings. The summed E-state index contributed by atoms with van der Waals surface area (Å²) in [5.74, 6) is -1.52. The molecule has 0 unspecified atom stereocenters. The van der Waals surface area contributed by atoms with Gasteiger partial charge in [0, 0.05) is 6.07 Å². The highest BCUT2D eigenvalue weighted by Gasteiger charge is 2.14. The molecule has 0 amide bonds. The fourth-order valence-corrected chi connectivity index (χ4v) is 1.58. The van der Waals surface area contributed by atoms with Gasteiger partial charge in [0.05, 0.1) is 6.33 Å². The molecule has 0 radical (unpaired) electrons. The van der Waals surface area contributed by atoms with Crippen molar-refractivity contribution in [2.75, 3.05) is 0 Å². The van der Waals surface area contributed by atoms with Crippen LogP contribution in [-0.2, 0) is 0 Å². The van der Waals surface area contributed by atoms with Crippen molar-refractivity contribution in [2.24, 2.45) is 0 Å². The highest BCUT2D eigenvalue weighted by molar-refractivity contribution is 5.69. The molecule has 0 aliphatic carbocycles. The summed E-state index contributed by atoms with van der Waals surface area (Å²) in [6.07, 6.45) is 1.16. The summed E-state index contributed by atoms with van der Waals surface area (Å²) >= 11 is 0. The van der Waals surface area contributed by atoms with Crippen LogP contribution in [0.25, 0.3) is 16.9 Å². The van der Waals surface area contributed by atoms with Gasteiger partial charge in [0.25, 0.3) is 5.56 Å². The molecule has 0 saturated heterocycles. The Labute approximate surface area is 97.9 Å². The number of halogens is 2. The summed E-state index contributed by atoms with van der Waals surface area (Å²) in [6.45, 7) is 0. The molecule has 3 aromatic rings. The van der Waals surface area contributed by atoms with Crippen molar-refractivity contribution in [1.29, 1.82) is 0 Å². The second kappa shape index (κ2) is 3.69. The van der Waals surface area contributed by atoms with Crippen molar-refractivity contribution in [3.05, 3.63) is 46.5 Å². The zero-order valence-corrected chi connectivity index (χ0v) is 8.76. The monoisotopic (exact) mass is 249 g/mol. The Morgan fingerprint density at radius 3 is 2.89 bits per heavy atom. The first-order chi connectivity index (χ1) is 8.66. The lowest BCUT2D eigenvalue weighted by Crippen LogP contribution is -2.07. The van der Waals surface area contributed by atoms with E-state index in [0.29, 0.717) is 0 Å². The van der Waals surface area contributed by atoms with Crippen LogP contribution < -0.4 is 5.56 Å². The molecule has 18 heavy (non-hydrogen) atoms. The van der Waals surface area contributed by atoms with Crippen molar-refractivity contribution in [1.82, 2.24) is 25.0 Å². The van der Waals surface area contributed by atoms with Crippen molar-refractivity contribution < 1.29 is 8.78 Å². The maximum Gasteiger partial charge on any atom is 0.280 e. The normalized spacial score (nSPS) is 11.0. The molecule has 0 bridgehead atoms. The highest BCUT2D eigenvalue weighted by atomic mass is 19.1. The molecule has 0 atom stereocenters. The van der Waals surface area contributed by atoms with Crippen LogP contribution in [-0.4, -0.2) is 25.0 Å². The third kappa shape index (κ3) is 1.46. The Hall–Kier alpha value is -2.64. The van der Waals surface area contributed by atoms with E-state index in [-0.39, 0.29) is 16.9 Å². The van der Waals surface area contributed by atoms with Crippen LogP contribution in [0.2, 0.25) is 0 Å². The number of hydrogen-bond donors (Lipinski definition) is 1. The van der Waals surface area contributed by atoms with Crippen LogP contribution in [0.4, 0.5) is 8.78 Å². The molecule has 0 aliphatic heterocycles. The van der Waals surface area contributed by atoms with Gasteiger partial charge in [-0.2, -0.15) is 4.68 Å². The van der Waals surface area contributed by atoms with Crippen LogP contribution >= 0.6 is 0 Å². The van der Waals surface area contributed by atoms with Crippen molar-refractivity contribution in [3.63, 3.8) is 0 Å². The number of nitrogens with zero attached hydrogens (tertiary/aromatic N) is 4. The highest BCUT2D eigenvalue weighted by Crippen LogP contribution is 2.16. The predicted octanol–water partition coefficient (Wildman–Crippen LogP) is 0.782. The molecule has 0 spiro atoms. The number of benzene rings is 1. The molecule has 3 rings (SSSR count). The fraction of sp³-hybridized carbons (Fsp3) is 0. The Kier molecular flexibility index (Phi) is 2.15. The van der Waals surface area contributed by atoms with E-state index in [1.54, 1.807) is 0 Å². The van der Waals surface area contributed by atoms with E-state index in [9.17, 15) is 13.6 Å². The van der Waals surface area contributed by atoms with Crippen molar-refractivity contribution in [3.8, 4) is 5.69 Å². The van der Waals surface area contributed by atoms with E-state index >= 15 is 0 Å². The summed E-state index contributed by atoms with van der Waals surface area (Å²) in [6, 6.07) is 3.00. The summed E-state index contributed by atoms with van der Waals surface area (Å²) < 4.78 is 27.5. The lowest BCUT2D eigenvalue weighted by Gasteiger charge is -2.02. The number of aromatic nitrogens is 5. The molecule has 2 aromatic heterocycles. The third-order valence-corrected chi connectivity index (χ3v) is 2.38. The molecule has 90 valence electrons. The summed E-state index contributed by atoms with van der Waals surface area (Å²) in [7, 11) is 0. The Morgan fingerprint density at radius 2 is 2.11 bits per heavy atom. The van der Waals surface area contributed by atoms with Gasteiger partial charge in [0.1, 0.15) is 11.5 Å². The number of fused-ring (bicyclic) bond motifs is 1. The second-order valence-corrected chi connectivity index (χ2v) is 3.50. The van der Waals surface area contributed by atoms with Crippen LogP contribution in [0, 0.1) is 11.6 Å². The average Bonchev–Trinajstić information content (AvgIpc) is 2.74. The number of rotatable bonds is 1. The van der Waals surface area contributed by atoms with Gasteiger partial charge in [-0.1, -0.05) is 5.21 Å². The summed E-state index contributed by atoms with van der Waals surface area (Å²) in [5.41, 5.74) is -0.420.